The number of rotatable bonds is 4. The molecule has 3 amide bonds. The summed E-state index contributed by atoms with van der Waals surface area (Å²) in [5.41, 5.74) is 0.779. The summed E-state index contributed by atoms with van der Waals surface area (Å²) in [7, 11) is 0. The normalized spacial score (nSPS) is 14.6. The van der Waals surface area contributed by atoms with E-state index in [0.717, 1.165) is 31.1 Å². The third kappa shape index (κ3) is 4.78. The quantitative estimate of drug-likeness (QED) is 0.822. The molecule has 0 atom stereocenters. The molecule has 0 bridgehead atoms. The predicted octanol–water partition coefficient (Wildman–Crippen LogP) is 2.55. The third-order valence-corrected chi connectivity index (χ3v) is 4.34. The molecule has 0 radical (unpaired) electrons. The number of nitrogens with one attached hydrogen (secondary N) is 2. The van der Waals surface area contributed by atoms with Crippen molar-refractivity contribution in [3.05, 3.63) is 42.1 Å². The molecular weight excluding hydrogens is 334 g/mol. The van der Waals surface area contributed by atoms with Crippen LogP contribution < -0.4 is 10.6 Å². The number of carbonyl (C=O) groups excluding carboxylic acids is 3. The Morgan fingerprint density at radius 3 is 2.62 bits per heavy atom. The maximum atomic E-state index is 12.0. The van der Waals surface area contributed by atoms with Gasteiger partial charge in [0, 0.05) is 11.4 Å². The van der Waals surface area contributed by atoms with Gasteiger partial charge in [-0.3, -0.25) is 10.1 Å². The van der Waals surface area contributed by atoms with Crippen molar-refractivity contribution >= 4 is 28.8 Å². The summed E-state index contributed by atoms with van der Waals surface area (Å²) in [5.74, 6) is -1.38. The van der Waals surface area contributed by atoms with Gasteiger partial charge in [-0.1, -0.05) is 43.5 Å². The lowest BCUT2D eigenvalue weighted by atomic mass is 9.96. The lowest BCUT2D eigenvalue weighted by Gasteiger charge is -2.22. The Kier molecular flexibility index (Phi) is 5.78. The van der Waals surface area contributed by atoms with E-state index in [2.05, 4.69) is 15.6 Å². The minimum Gasteiger partial charge on any atom is -0.451 e. The topological polar surface area (TPSA) is 97.4 Å². The summed E-state index contributed by atoms with van der Waals surface area (Å²) < 4.78 is 4.94. The Labute approximate surface area is 151 Å². The monoisotopic (exact) mass is 355 g/mol. The number of imide groups is 1. The van der Waals surface area contributed by atoms with Gasteiger partial charge in [-0.2, -0.15) is 0 Å². The summed E-state index contributed by atoms with van der Waals surface area (Å²) in [4.78, 5) is 39.8. The number of amides is 3. The van der Waals surface area contributed by atoms with Crippen molar-refractivity contribution in [2.75, 3.05) is 6.61 Å². The number of hydrogen-bond donors (Lipinski definition) is 2. The van der Waals surface area contributed by atoms with Crippen molar-refractivity contribution < 1.29 is 19.1 Å². The summed E-state index contributed by atoms with van der Waals surface area (Å²) in [6.45, 7) is -0.536. The van der Waals surface area contributed by atoms with Gasteiger partial charge < -0.3 is 10.1 Å². The van der Waals surface area contributed by atoms with Crippen molar-refractivity contribution in [1.82, 2.24) is 15.6 Å². The number of nitrogens with zero attached hydrogens (tertiary/aromatic N) is 1. The average molecular weight is 355 g/mol. The van der Waals surface area contributed by atoms with Crippen LogP contribution in [0.2, 0.25) is 0 Å². The van der Waals surface area contributed by atoms with Gasteiger partial charge >= 0.3 is 12.0 Å². The molecule has 0 aliphatic heterocycles. The highest BCUT2D eigenvalue weighted by molar-refractivity contribution is 5.97. The summed E-state index contributed by atoms with van der Waals surface area (Å²) in [6.07, 6.45) is 5.18. The highest BCUT2D eigenvalue weighted by Gasteiger charge is 2.18. The van der Waals surface area contributed by atoms with Crippen molar-refractivity contribution in [2.24, 2.45) is 0 Å². The fourth-order valence-corrected chi connectivity index (χ4v) is 3.02. The highest BCUT2D eigenvalue weighted by Crippen LogP contribution is 2.17. The second-order valence-electron chi connectivity index (χ2n) is 6.32. The average Bonchev–Trinajstić information content (AvgIpc) is 2.66. The number of pyridine rings is 1. The zero-order valence-corrected chi connectivity index (χ0v) is 14.4. The first-order valence-corrected chi connectivity index (χ1v) is 8.75. The van der Waals surface area contributed by atoms with Crippen LogP contribution in [0.15, 0.2) is 36.4 Å². The molecule has 0 unspecified atom stereocenters. The molecule has 2 N–H and O–H groups in total. The number of benzene rings is 1. The van der Waals surface area contributed by atoms with Gasteiger partial charge in [0.1, 0.15) is 5.69 Å². The first-order valence-electron chi connectivity index (χ1n) is 8.75. The first-order chi connectivity index (χ1) is 12.6. The number of ether oxygens (including phenoxy) is 1. The van der Waals surface area contributed by atoms with Crippen molar-refractivity contribution in [1.29, 1.82) is 0 Å². The summed E-state index contributed by atoms with van der Waals surface area (Å²) >= 11 is 0. The minimum atomic E-state index is -0.710. The van der Waals surface area contributed by atoms with Gasteiger partial charge in [0.15, 0.2) is 6.61 Å². The second-order valence-corrected chi connectivity index (χ2v) is 6.32. The zero-order chi connectivity index (χ0) is 18.4. The first kappa shape index (κ1) is 17.8. The Morgan fingerprint density at radius 2 is 1.81 bits per heavy atom. The maximum absolute atomic E-state index is 12.0. The molecule has 1 aromatic carbocycles. The van der Waals surface area contributed by atoms with Crippen LogP contribution in [-0.2, 0) is 9.53 Å². The van der Waals surface area contributed by atoms with Crippen LogP contribution in [0, 0.1) is 0 Å². The number of aromatic nitrogens is 1. The molecule has 1 aromatic heterocycles. The Hall–Kier alpha value is -2.96. The van der Waals surface area contributed by atoms with E-state index in [9.17, 15) is 14.4 Å². The minimum absolute atomic E-state index is 0.0981. The van der Waals surface area contributed by atoms with Crippen LogP contribution in [0.25, 0.3) is 10.9 Å². The third-order valence-electron chi connectivity index (χ3n) is 4.34. The molecule has 1 fully saturated rings. The van der Waals surface area contributed by atoms with Crippen LogP contribution >= 0.6 is 0 Å². The number of carbonyl (C=O) groups is 3. The van der Waals surface area contributed by atoms with E-state index in [1.54, 1.807) is 18.2 Å². The van der Waals surface area contributed by atoms with E-state index in [-0.39, 0.29) is 11.7 Å². The molecule has 1 aliphatic rings. The molecule has 0 spiro atoms. The molecule has 1 saturated carbocycles. The Morgan fingerprint density at radius 1 is 1.04 bits per heavy atom. The lowest BCUT2D eigenvalue weighted by molar-refractivity contribution is -0.123. The van der Waals surface area contributed by atoms with E-state index in [1.807, 2.05) is 18.2 Å². The molecule has 136 valence electrons. The fourth-order valence-electron chi connectivity index (χ4n) is 3.02. The van der Waals surface area contributed by atoms with E-state index < -0.39 is 24.5 Å². The largest absolute Gasteiger partial charge is 0.451 e. The molecule has 2 aromatic rings. The molecule has 26 heavy (non-hydrogen) atoms. The van der Waals surface area contributed by atoms with Gasteiger partial charge in [-0.15, -0.1) is 0 Å². The van der Waals surface area contributed by atoms with Crippen molar-refractivity contribution in [2.45, 2.75) is 38.1 Å². The van der Waals surface area contributed by atoms with Gasteiger partial charge in [-0.05, 0) is 25.0 Å². The molecular formula is C19H21N3O4. The number of fused-ring (bicyclic) bond motifs is 1. The standard InChI is InChI=1S/C19H21N3O4/c23-17(22-19(25)20-14-7-2-1-3-8-14)12-26-18(24)16-11-10-13-6-4-5-9-15(13)21-16/h4-6,9-11,14H,1-3,7-8,12H2,(H2,20,22,23,25). The zero-order valence-electron chi connectivity index (χ0n) is 14.4. The van der Waals surface area contributed by atoms with Crippen LogP contribution in [0.1, 0.15) is 42.6 Å². The number of urea groups is 1. The van der Waals surface area contributed by atoms with E-state index in [0.29, 0.717) is 5.52 Å². The summed E-state index contributed by atoms with van der Waals surface area (Å²) in [6, 6.07) is 10.2. The van der Waals surface area contributed by atoms with Crippen molar-refractivity contribution in [3.8, 4) is 0 Å². The molecule has 1 heterocycles. The van der Waals surface area contributed by atoms with E-state index in [1.165, 1.54) is 6.42 Å². The molecule has 0 saturated heterocycles. The SMILES string of the molecule is O=C(COC(=O)c1ccc2ccccc2n1)NC(=O)NC1CCCCC1. The van der Waals surface area contributed by atoms with Crippen molar-refractivity contribution in [3.63, 3.8) is 0 Å². The van der Waals surface area contributed by atoms with E-state index in [4.69, 9.17) is 4.74 Å². The number of para-hydroxylation sites is 1. The lowest BCUT2D eigenvalue weighted by Crippen LogP contribution is -2.46. The van der Waals surface area contributed by atoms with Gasteiger partial charge in [0.2, 0.25) is 0 Å². The molecule has 1 aliphatic carbocycles. The Bertz CT molecular complexity index is 815. The smallest absolute Gasteiger partial charge is 0.357 e. The number of hydrogen-bond acceptors (Lipinski definition) is 5. The molecule has 7 nitrogen and oxygen atoms in total. The van der Waals surface area contributed by atoms with E-state index >= 15 is 0 Å². The van der Waals surface area contributed by atoms with Crippen LogP contribution in [0.3, 0.4) is 0 Å². The molecule has 3 rings (SSSR count). The fraction of sp³-hybridized carbons (Fsp3) is 0.368. The van der Waals surface area contributed by atoms with Gasteiger partial charge in [-0.25, -0.2) is 14.6 Å². The highest BCUT2D eigenvalue weighted by atomic mass is 16.5. The van der Waals surface area contributed by atoms with Gasteiger partial charge in [0.05, 0.1) is 5.52 Å². The molecule has 7 heteroatoms. The Balaban J connectivity index is 1.46. The maximum Gasteiger partial charge on any atom is 0.357 e. The second kappa shape index (κ2) is 8.42. The summed E-state index contributed by atoms with van der Waals surface area (Å²) in [5, 5.41) is 5.85. The van der Waals surface area contributed by atoms with Crippen LogP contribution in [0.5, 0.6) is 0 Å². The van der Waals surface area contributed by atoms with Gasteiger partial charge in [0.25, 0.3) is 5.91 Å². The van der Waals surface area contributed by atoms with Crippen LogP contribution in [-0.4, -0.2) is 35.5 Å². The number of esters is 1. The predicted molar refractivity (Wildman–Crippen MR) is 95.6 cm³/mol. The van der Waals surface area contributed by atoms with Crippen LogP contribution in [0.4, 0.5) is 4.79 Å².